The molecule has 0 fully saturated rings. The Bertz CT molecular complexity index is 94.1. The third kappa shape index (κ3) is 9.84. The first-order valence-corrected chi connectivity index (χ1v) is 5.57. The third-order valence-corrected chi connectivity index (χ3v) is 2.07. The van der Waals surface area contributed by atoms with E-state index in [1.54, 1.807) is 0 Å². The van der Waals surface area contributed by atoms with Gasteiger partial charge in [-0.15, -0.1) is 0 Å². The van der Waals surface area contributed by atoms with Crippen molar-refractivity contribution in [1.82, 2.24) is 0 Å². The van der Waals surface area contributed by atoms with E-state index >= 15 is 0 Å². The first-order valence-electron chi connectivity index (χ1n) is 5.57. The molecule has 1 unspecified atom stereocenters. The molecule has 0 aliphatic heterocycles. The number of aliphatic hydroxyl groups excluding tert-OH is 1. The molecule has 2 heteroatoms. The van der Waals surface area contributed by atoms with Crippen LogP contribution in [0.25, 0.3) is 0 Å². The Hall–Kier alpha value is -0.0800. The fraction of sp³-hybridized carbons (Fsp3) is 1.00. The second-order valence-corrected chi connectivity index (χ2v) is 3.58. The molecule has 0 saturated heterocycles. The van der Waals surface area contributed by atoms with Crippen LogP contribution in [0.15, 0.2) is 0 Å². The molecule has 0 bridgehead atoms. The van der Waals surface area contributed by atoms with Crippen LogP contribution >= 0.6 is 0 Å². The molecule has 0 aromatic heterocycles. The molecule has 2 nitrogen and oxygen atoms in total. The van der Waals surface area contributed by atoms with Crippen LogP contribution in [0.2, 0.25) is 0 Å². The Morgan fingerprint density at radius 2 is 1.85 bits per heavy atom. The van der Waals surface area contributed by atoms with Crippen molar-refractivity contribution >= 4 is 0 Å². The summed E-state index contributed by atoms with van der Waals surface area (Å²) in [6.07, 6.45) is 6.57. The Morgan fingerprint density at radius 3 is 2.46 bits per heavy atom. The fourth-order valence-electron chi connectivity index (χ4n) is 1.27. The van der Waals surface area contributed by atoms with E-state index in [0.717, 1.165) is 25.9 Å². The number of unbranched alkanes of at least 4 members (excludes halogenated alkanes) is 3. The van der Waals surface area contributed by atoms with Gasteiger partial charge in [0.1, 0.15) is 0 Å². The first kappa shape index (κ1) is 12.9. The fourth-order valence-corrected chi connectivity index (χ4v) is 1.27. The van der Waals surface area contributed by atoms with Gasteiger partial charge >= 0.3 is 0 Å². The average molecular weight is 188 g/mol. The molecular formula is C11H24O2. The summed E-state index contributed by atoms with van der Waals surface area (Å²) in [5, 5.41) is 9.33. The molecule has 0 heterocycles. The van der Waals surface area contributed by atoms with Crippen molar-refractivity contribution < 1.29 is 9.84 Å². The Kier molecular flexibility index (Phi) is 9.94. The van der Waals surface area contributed by atoms with Gasteiger partial charge in [-0.3, -0.25) is 0 Å². The van der Waals surface area contributed by atoms with Crippen LogP contribution in [0.3, 0.4) is 0 Å². The molecule has 0 aromatic carbocycles. The van der Waals surface area contributed by atoms with Crippen LogP contribution in [-0.4, -0.2) is 24.4 Å². The van der Waals surface area contributed by atoms with Crippen molar-refractivity contribution in [3.8, 4) is 0 Å². The highest BCUT2D eigenvalue weighted by molar-refractivity contribution is 4.51. The van der Waals surface area contributed by atoms with E-state index in [2.05, 4.69) is 13.8 Å². The van der Waals surface area contributed by atoms with Gasteiger partial charge in [0, 0.05) is 6.61 Å². The molecule has 0 rings (SSSR count). The van der Waals surface area contributed by atoms with Gasteiger partial charge in [-0.05, 0) is 12.8 Å². The van der Waals surface area contributed by atoms with Crippen LogP contribution in [0.1, 0.15) is 52.4 Å². The SMILES string of the molecule is CCCCCCOCC(O)CCC. The topological polar surface area (TPSA) is 29.5 Å². The second kappa shape index (κ2) is 10.0. The van der Waals surface area contributed by atoms with Crippen molar-refractivity contribution in [2.75, 3.05) is 13.2 Å². The summed E-state index contributed by atoms with van der Waals surface area (Å²) in [4.78, 5) is 0. The summed E-state index contributed by atoms with van der Waals surface area (Å²) in [6.45, 7) is 5.59. The number of ether oxygens (including phenoxy) is 1. The van der Waals surface area contributed by atoms with Crippen LogP contribution in [0.4, 0.5) is 0 Å². The third-order valence-electron chi connectivity index (χ3n) is 2.07. The molecule has 0 spiro atoms. The van der Waals surface area contributed by atoms with Crippen molar-refractivity contribution in [3.63, 3.8) is 0 Å². The molecule has 0 radical (unpaired) electrons. The van der Waals surface area contributed by atoms with E-state index in [1.807, 2.05) is 0 Å². The lowest BCUT2D eigenvalue weighted by Gasteiger charge is -2.09. The van der Waals surface area contributed by atoms with E-state index in [0.29, 0.717) is 6.61 Å². The van der Waals surface area contributed by atoms with Crippen molar-refractivity contribution in [3.05, 3.63) is 0 Å². The minimum atomic E-state index is -0.254. The zero-order valence-corrected chi connectivity index (χ0v) is 9.09. The predicted octanol–water partition coefficient (Wildman–Crippen LogP) is 2.74. The largest absolute Gasteiger partial charge is 0.391 e. The monoisotopic (exact) mass is 188 g/mol. The van der Waals surface area contributed by atoms with Gasteiger partial charge in [-0.1, -0.05) is 39.5 Å². The molecule has 0 aliphatic rings. The van der Waals surface area contributed by atoms with E-state index in [1.165, 1.54) is 19.3 Å². The van der Waals surface area contributed by atoms with Gasteiger partial charge < -0.3 is 9.84 Å². The van der Waals surface area contributed by atoms with Crippen LogP contribution in [0.5, 0.6) is 0 Å². The lowest BCUT2D eigenvalue weighted by Crippen LogP contribution is -2.15. The van der Waals surface area contributed by atoms with Gasteiger partial charge in [0.2, 0.25) is 0 Å². The van der Waals surface area contributed by atoms with Crippen molar-refractivity contribution in [2.45, 2.75) is 58.5 Å². The summed E-state index contributed by atoms with van der Waals surface area (Å²) in [5.74, 6) is 0. The molecule has 0 amide bonds. The first-order chi connectivity index (χ1) is 6.31. The summed E-state index contributed by atoms with van der Waals surface area (Å²) >= 11 is 0. The molecular weight excluding hydrogens is 164 g/mol. The van der Waals surface area contributed by atoms with Crippen molar-refractivity contribution in [1.29, 1.82) is 0 Å². The minimum absolute atomic E-state index is 0.254. The smallest absolute Gasteiger partial charge is 0.0773 e. The quantitative estimate of drug-likeness (QED) is 0.564. The Morgan fingerprint density at radius 1 is 1.08 bits per heavy atom. The molecule has 13 heavy (non-hydrogen) atoms. The number of hydrogen-bond donors (Lipinski definition) is 1. The summed E-state index contributed by atoms with van der Waals surface area (Å²) in [5.41, 5.74) is 0. The van der Waals surface area contributed by atoms with Crippen LogP contribution < -0.4 is 0 Å². The number of aliphatic hydroxyl groups is 1. The van der Waals surface area contributed by atoms with Crippen LogP contribution in [-0.2, 0) is 4.74 Å². The summed E-state index contributed by atoms with van der Waals surface area (Å²) < 4.78 is 5.34. The van der Waals surface area contributed by atoms with E-state index in [-0.39, 0.29) is 6.10 Å². The molecule has 80 valence electrons. The Balaban J connectivity index is 2.97. The summed E-state index contributed by atoms with van der Waals surface area (Å²) in [7, 11) is 0. The van der Waals surface area contributed by atoms with Crippen LogP contribution in [0, 0.1) is 0 Å². The highest BCUT2D eigenvalue weighted by Gasteiger charge is 2.01. The maximum Gasteiger partial charge on any atom is 0.0773 e. The normalized spacial score (nSPS) is 13.2. The maximum absolute atomic E-state index is 9.33. The van der Waals surface area contributed by atoms with E-state index in [9.17, 15) is 5.11 Å². The van der Waals surface area contributed by atoms with Gasteiger partial charge in [-0.2, -0.15) is 0 Å². The minimum Gasteiger partial charge on any atom is -0.391 e. The number of rotatable bonds is 9. The zero-order valence-electron chi connectivity index (χ0n) is 9.09. The second-order valence-electron chi connectivity index (χ2n) is 3.58. The molecule has 1 atom stereocenters. The zero-order chi connectivity index (χ0) is 9.94. The standard InChI is InChI=1S/C11H24O2/c1-3-5-6-7-9-13-10-11(12)8-4-2/h11-12H,3-10H2,1-2H3. The van der Waals surface area contributed by atoms with Crippen molar-refractivity contribution in [2.24, 2.45) is 0 Å². The molecule has 0 saturated carbocycles. The molecule has 0 aliphatic carbocycles. The predicted molar refractivity (Wildman–Crippen MR) is 55.9 cm³/mol. The average Bonchev–Trinajstić information content (AvgIpc) is 2.11. The van der Waals surface area contributed by atoms with Gasteiger partial charge in [0.05, 0.1) is 12.7 Å². The lowest BCUT2D eigenvalue weighted by atomic mass is 10.2. The number of hydrogen-bond acceptors (Lipinski definition) is 2. The van der Waals surface area contributed by atoms with Gasteiger partial charge in [0.15, 0.2) is 0 Å². The van der Waals surface area contributed by atoms with E-state index in [4.69, 9.17) is 4.74 Å². The van der Waals surface area contributed by atoms with Gasteiger partial charge in [-0.25, -0.2) is 0 Å². The summed E-state index contributed by atoms with van der Waals surface area (Å²) in [6, 6.07) is 0. The highest BCUT2D eigenvalue weighted by atomic mass is 16.5. The lowest BCUT2D eigenvalue weighted by molar-refractivity contribution is 0.0307. The molecule has 1 N–H and O–H groups in total. The van der Waals surface area contributed by atoms with E-state index < -0.39 is 0 Å². The van der Waals surface area contributed by atoms with Gasteiger partial charge in [0.25, 0.3) is 0 Å². The highest BCUT2D eigenvalue weighted by Crippen LogP contribution is 2.01. The maximum atomic E-state index is 9.33. The Labute approximate surface area is 82.3 Å². The molecule has 0 aromatic rings.